The van der Waals surface area contributed by atoms with Crippen LogP contribution < -0.4 is 24.8 Å². The van der Waals surface area contributed by atoms with Crippen molar-refractivity contribution in [2.24, 2.45) is 0 Å². The fraction of sp³-hybridized carbons (Fsp3) is 0.368. The molecule has 0 aliphatic rings. The number of aliphatic hydroxyl groups is 4. The van der Waals surface area contributed by atoms with Crippen LogP contribution in [0.5, 0.6) is 17.2 Å². The fourth-order valence-corrected chi connectivity index (χ4v) is 5.73. The van der Waals surface area contributed by atoms with Crippen molar-refractivity contribution in [3.63, 3.8) is 0 Å². The molecule has 1 aromatic heterocycles. The van der Waals surface area contributed by atoms with Crippen molar-refractivity contribution in [3.05, 3.63) is 105 Å². The Kier molecular flexibility index (Phi) is 15.8. The summed E-state index contributed by atoms with van der Waals surface area (Å²) in [6, 6.07) is 18.2. The number of aliphatic hydroxyl groups excluding tert-OH is 4. The van der Waals surface area contributed by atoms with E-state index in [0.29, 0.717) is 70.1 Å². The number of hydrogen-bond donors (Lipinski definition) is 6. The van der Waals surface area contributed by atoms with E-state index in [0.717, 1.165) is 22.3 Å². The van der Waals surface area contributed by atoms with Crippen LogP contribution in [0.25, 0.3) is 11.1 Å². The van der Waals surface area contributed by atoms with E-state index in [-0.39, 0.29) is 33.0 Å². The molecule has 0 radical (unpaired) electrons. The number of halogens is 2. The first-order valence-corrected chi connectivity index (χ1v) is 17.3. The van der Waals surface area contributed by atoms with Gasteiger partial charge in [0, 0.05) is 48.2 Å². The molecule has 0 aliphatic heterocycles. The van der Waals surface area contributed by atoms with E-state index in [2.05, 4.69) is 21.7 Å². The van der Waals surface area contributed by atoms with Gasteiger partial charge < -0.3 is 45.3 Å². The smallest absolute Gasteiger partial charge is 0.142 e. The molecule has 3 aromatic carbocycles. The summed E-state index contributed by atoms with van der Waals surface area (Å²) in [7, 11) is 0. The molecular formula is C38H44Cl2N4O7. The maximum atomic E-state index is 10.0. The Labute approximate surface area is 308 Å². The highest BCUT2D eigenvalue weighted by Crippen LogP contribution is 2.38. The normalized spacial score (nSPS) is 12.9. The van der Waals surface area contributed by atoms with Crippen molar-refractivity contribution in [1.29, 1.82) is 5.26 Å². The highest BCUT2D eigenvalue weighted by atomic mass is 35.5. The van der Waals surface area contributed by atoms with Gasteiger partial charge in [-0.25, -0.2) is 0 Å². The van der Waals surface area contributed by atoms with Crippen molar-refractivity contribution >= 4 is 23.2 Å². The molecule has 0 aliphatic carbocycles. The lowest BCUT2D eigenvalue weighted by atomic mass is 9.96. The van der Waals surface area contributed by atoms with E-state index < -0.39 is 18.2 Å². The average molecular weight is 740 g/mol. The molecule has 6 N–H and O–H groups in total. The summed E-state index contributed by atoms with van der Waals surface area (Å²) in [6.07, 6.45) is 2.22. The summed E-state index contributed by atoms with van der Waals surface area (Å²) in [5, 5.41) is 54.4. The number of nitrogens with one attached hydrogen (secondary N) is 2. The van der Waals surface area contributed by atoms with Gasteiger partial charge in [-0.05, 0) is 61.7 Å². The Morgan fingerprint density at radius 1 is 0.882 bits per heavy atom. The summed E-state index contributed by atoms with van der Waals surface area (Å²) in [5.74, 6) is 1.43. The van der Waals surface area contributed by atoms with Crippen LogP contribution in [-0.4, -0.2) is 76.6 Å². The third-order valence-corrected chi connectivity index (χ3v) is 8.88. The lowest BCUT2D eigenvalue weighted by Crippen LogP contribution is -2.40. The lowest BCUT2D eigenvalue weighted by Gasteiger charge is -2.21. The molecule has 0 fully saturated rings. The zero-order valence-corrected chi connectivity index (χ0v) is 30.1. The molecule has 0 saturated heterocycles. The number of pyridine rings is 1. The Hall–Kier alpha value is -3.96. The predicted octanol–water partition coefficient (Wildman–Crippen LogP) is 4.94. The van der Waals surface area contributed by atoms with Gasteiger partial charge >= 0.3 is 0 Å². The molecule has 1 unspecified atom stereocenters. The third-order valence-electron chi connectivity index (χ3n) is 8.20. The Morgan fingerprint density at radius 2 is 1.65 bits per heavy atom. The van der Waals surface area contributed by atoms with E-state index in [1.165, 1.54) is 6.20 Å². The number of ether oxygens (including phenoxy) is 3. The van der Waals surface area contributed by atoms with Crippen LogP contribution in [-0.2, 0) is 19.8 Å². The summed E-state index contributed by atoms with van der Waals surface area (Å²) < 4.78 is 18.4. The van der Waals surface area contributed by atoms with Gasteiger partial charge in [-0.1, -0.05) is 53.5 Å². The first kappa shape index (κ1) is 39.8. The Morgan fingerprint density at radius 3 is 2.39 bits per heavy atom. The quantitative estimate of drug-likeness (QED) is 0.0680. The summed E-state index contributed by atoms with van der Waals surface area (Å²) in [6.45, 7) is 4.98. The summed E-state index contributed by atoms with van der Waals surface area (Å²) in [4.78, 5) is 4.11. The van der Waals surface area contributed by atoms with E-state index in [1.807, 2.05) is 43.3 Å². The van der Waals surface area contributed by atoms with Gasteiger partial charge in [-0.15, -0.1) is 0 Å². The van der Waals surface area contributed by atoms with Crippen molar-refractivity contribution in [2.75, 3.05) is 32.9 Å². The largest absolute Gasteiger partial charge is 0.492 e. The highest BCUT2D eigenvalue weighted by molar-refractivity contribution is 6.35. The van der Waals surface area contributed by atoms with Crippen LogP contribution in [0, 0.1) is 18.3 Å². The van der Waals surface area contributed by atoms with Gasteiger partial charge in [0.1, 0.15) is 36.5 Å². The van der Waals surface area contributed by atoms with E-state index in [9.17, 15) is 20.6 Å². The molecule has 0 spiro atoms. The molecule has 3 atom stereocenters. The number of nitriles is 1. The number of rotatable bonds is 20. The zero-order chi connectivity index (χ0) is 36.8. The van der Waals surface area contributed by atoms with Crippen molar-refractivity contribution in [3.8, 4) is 34.4 Å². The molecule has 51 heavy (non-hydrogen) atoms. The zero-order valence-electron chi connectivity index (χ0n) is 28.6. The number of hydrogen-bond acceptors (Lipinski definition) is 11. The number of benzene rings is 3. The predicted molar refractivity (Wildman–Crippen MR) is 196 cm³/mol. The highest BCUT2D eigenvalue weighted by Gasteiger charge is 2.18. The van der Waals surface area contributed by atoms with Crippen LogP contribution in [0.2, 0.25) is 10.0 Å². The second-order valence-corrected chi connectivity index (χ2v) is 12.8. The standard InChI is InChI=1S/C38H44Cl2N4O7/c1-24-28(6-3-7-31(24)32-8-4-9-35(38(32)40)49-11-5-10-42-19-30(48)20-45)23-51-37-14-36(50-22-27-12-26(15-41)16-43-17-27)29(13-33(37)39)18-44-34(21-46)25(2)47/h3-4,6-9,12-14,16-17,25,30,34,42,44-48H,5,10-11,18-23H2,1-2H3/t25-,30+,34?/m1/s1. The van der Waals surface area contributed by atoms with Gasteiger partial charge in [-0.2, -0.15) is 5.26 Å². The lowest BCUT2D eigenvalue weighted by molar-refractivity contribution is 0.0942. The Bertz CT molecular complexity index is 1770. The molecule has 4 rings (SSSR count). The fourth-order valence-electron chi connectivity index (χ4n) is 5.21. The minimum absolute atomic E-state index is 0.132. The summed E-state index contributed by atoms with van der Waals surface area (Å²) >= 11 is 13.6. The number of nitrogens with zero attached hydrogens (tertiary/aromatic N) is 2. The van der Waals surface area contributed by atoms with Crippen molar-refractivity contribution in [1.82, 2.24) is 15.6 Å². The monoisotopic (exact) mass is 738 g/mol. The Balaban J connectivity index is 1.50. The van der Waals surface area contributed by atoms with Crippen LogP contribution in [0.1, 0.15) is 41.2 Å². The van der Waals surface area contributed by atoms with E-state index >= 15 is 0 Å². The van der Waals surface area contributed by atoms with E-state index in [4.69, 9.17) is 42.5 Å². The van der Waals surface area contributed by atoms with Crippen molar-refractivity contribution < 1.29 is 34.6 Å². The van der Waals surface area contributed by atoms with Gasteiger partial charge in [0.2, 0.25) is 0 Å². The van der Waals surface area contributed by atoms with Gasteiger partial charge in [0.25, 0.3) is 0 Å². The molecule has 11 nitrogen and oxygen atoms in total. The molecule has 0 saturated carbocycles. The second kappa shape index (κ2) is 20.2. The maximum absolute atomic E-state index is 10.0. The van der Waals surface area contributed by atoms with Crippen LogP contribution in [0.3, 0.4) is 0 Å². The maximum Gasteiger partial charge on any atom is 0.142 e. The molecule has 13 heteroatoms. The first-order valence-electron chi connectivity index (χ1n) is 16.6. The van der Waals surface area contributed by atoms with Gasteiger partial charge in [-0.3, -0.25) is 4.98 Å². The van der Waals surface area contributed by atoms with Gasteiger partial charge in [0.05, 0.1) is 53.7 Å². The molecule has 0 bridgehead atoms. The van der Waals surface area contributed by atoms with Crippen LogP contribution in [0.4, 0.5) is 0 Å². The second-order valence-electron chi connectivity index (χ2n) is 12.0. The van der Waals surface area contributed by atoms with E-state index in [1.54, 1.807) is 31.3 Å². The van der Waals surface area contributed by atoms with Crippen LogP contribution >= 0.6 is 23.2 Å². The van der Waals surface area contributed by atoms with Crippen molar-refractivity contribution in [2.45, 2.75) is 58.3 Å². The molecule has 4 aromatic rings. The topological polar surface area (TPSA) is 169 Å². The molecule has 1 heterocycles. The number of aromatic nitrogens is 1. The van der Waals surface area contributed by atoms with Gasteiger partial charge in [0.15, 0.2) is 0 Å². The SMILES string of the molecule is Cc1c(COc2cc(OCc3cncc(C#N)c3)c(CNC(CO)[C@@H](C)O)cc2Cl)cccc1-c1cccc(OCCCNC[C@H](O)CO)c1Cl. The average Bonchev–Trinajstić information content (AvgIpc) is 3.13. The first-order chi connectivity index (χ1) is 24.6. The molecule has 272 valence electrons. The minimum Gasteiger partial charge on any atom is -0.492 e. The summed E-state index contributed by atoms with van der Waals surface area (Å²) in [5.41, 5.74) is 5.42. The van der Waals surface area contributed by atoms with Crippen LogP contribution in [0.15, 0.2) is 67.0 Å². The minimum atomic E-state index is -0.787. The molecular weight excluding hydrogens is 695 g/mol. The third kappa shape index (κ3) is 11.5. The molecule has 0 amide bonds.